The quantitative estimate of drug-likeness (QED) is 0.212. The second-order valence-corrected chi connectivity index (χ2v) is 10.6. The van der Waals surface area contributed by atoms with E-state index in [9.17, 15) is 5.26 Å². The van der Waals surface area contributed by atoms with Crippen molar-refractivity contribution in [3.05, 3.63) is 145 Å². The molecule has 3 nitrogen and oxygen atoms in total. The van der Waals surface area contributed by atoms with Crippen molar-refractivity contribution in [2.24, 2.45) is 0 Å². The van der Waals surface area contributed by atoms with E-state index in [1.807, 2.05) is 36.5 Å². The molecule has 6 aromatic carbocycles. The summed E-state index contributed by atoms with van der Waals surface area (Å²) in [6.07, 6.45) is 1.83. The van der Waals surface area contributed by atoms with Crippen LogP contribution in [0.1, 0.15) is 5.56 Å². The Morgan fingerprint density at radius 3 is 2.00 bits per heavy atom. The van der Waals surface area contributed by atoms with Crippen molar-refractivity contribution < 1.29 is 0 Å². The van der Waals surface area contributed by atoms with Gasteiger partial charge in [-0.1, -0.05) is 84.9 Å². The predicted octanol–water partition coefficient (Wildman–Crippen LogP) is 9.96. The Kier molecular flexibility index (Phi) is 5.52. The third kappa shape index (κ3) is 4.06. The highest BCUT2D eigenvalue weighted by Gasteiger charge is 2.11. The van der Waals surface area contributed by atoms with E-state index in [1.165, 1.54) is 16.2 Å². The van der Waals surface area contributed by atoms with Crippen LogP contribution in [0.2, 0.25) is 0 Å². The molecule has 0 saturated carbocycles. The fraction of sp³-hybridized carbons (Fsp3) is 0. The summed E-state index contributed by atoms with van der Waals surface area (Å²) in [5, 5.41) is 16.2. The second kappa shape index (κ2) is 9.66. The number of fused-ring (bicyclic) bond motifs is 5. The lowest BCUT2D eigenvalue weighted by atomic mass is 9.92. The van der Waals surface area contributed by atoms with Gasteiger partial charge in [0.2, 0.25) is 0 Å². The molecular formula is C39H23N3. The lowest BCUT2D eigenvalue weighted by molar-refractivity contribution is 1.37. The van der Waals surface area contributed by atoms with Crippen molar-refractivity contribution in [2.45, 2.75) is 0 Å². The number of aromatic nitrogens is 2. The highest BCUT2D eigenvalue weighted by Crippen LogP contribution is 2.36. The Bertz CT molecular complexity index is 2360. The van der Waals surface area contributed by atoms with E-state index in [1.54, 1.807) is 0 Å². The van der Waals surface area contributed by atoms with Gasteiger partial charge in [-0.15, -0.1) is 0 Å². The molecule has 0 aliphatic carbocycles. The minimum absolute atomic E-state index is 0.662. The van der Waals surface area contributed by atoms with Gasteiger partial charge < -0.3 is 0 Å². The van der Waals surface area contributed by atoms with Gasteiger partial charge in [0.15, 0.2) is 0 Å². The van der Waals surface area contributed by atoms with Gasteiger partial charge in [-0.05, 0) is 92.3 Å². The highest BCUT2D eigenvalue weighted by molar-refractivity contribution is 6.04. The van der Waals surface area contributed by atoms with Gasteiger partial charge in [-0.2, -0.15) is 5.26 Å². The van der Waals surface area contributed by atoms with Crippen LogP contribution in [0, 0.1) is 11.3 Å². The molecule has 0 unspecified atom stereocenters. The van der Waals surface area contributed by atoms with Crippen LogP contribution in [0.15, 0.2) is 140 Å². The molecule has 0 aliphatic heterocycles. The molecule has 0 atom stereocenters. The second-order valence-electron chi connectivity index (χ2n) is 10.6. The number of nitriles is 1. The maximum atomic E-state index is 9.27. The highest BCUT2D eigenvalue weighted by atomic mass is 14.7. The number of hydrogen-bond acceptors (Lipinski definition) is 3. The van der Waals surface area contributed by atoms with Gasteiger partial charge in [0.25, 0.3) is 0 Å². The molecule has 0 aliphatic rings. The average molecular weight is 534 g/mol. The summed E-state index contributed by atoms with van der Waals surface area (Å²) in [7, 11) is 0. The first-order valence-corrected chi connectivity index (χ1v) is 14.0. The maximum absolute atomic E-state index is 9.27. The molecule has 8 rings (SSSR count). The summed E-state index contributed by atoms with van der Waals surface area (Å²) in [4.78, 5) is 9.69. The molecule has 0 saturated heterocycles. The molecule has 3 heteroatoms. The molecule has 0 radical (unpaired) electrons. The predicted molar refractivity (Wildman–Crippen MR) is 173 cm³/mol. The zero-order valence-corrected chi connectivity index (χ0v) is 22.6. The number of rotatable bonds is 3. The first-order valence-electron chi connectivity index (χ1n) is 14.0. The topological polar surface area (TPSA) is 49.6 Å². The SMILES string of the molecule is N#Cc1ccc(-c2cc(-c3ccc4ccc(-c5ccc6ccc7cccnc7c6n5)cc4c3)cc3ccccc23)cc1. The van der Waals surface area contributed by atoms with Crippen LogP contribution in [0.25, 0.3) is 76.9 Å². The standard InChI is InChI=1S/C39H23N3/c40-24-25-7-9-27(10-8-25)36-23-34(21-31-4-1-2-6-35(31)36)30-15-11-26-12-16-32(22-33(26)20-30)37-18-17-29-14-13-28-5-3-19-41-38(28)39(29)42-37/h1-23H. The molecule has 8 aromatic rings. The third-order valence-corrected chi connectivity index (χ3v) is 8.09. The van der Waals surface area contributed by atoms with Crippen LogP contribution in [0.4, 0.5) is 0 Å². The summed E-state index contributed by atoms with van der Waals surface area (Å²) in [5.74, 6) is 0. The molecule has 2 heterocycles. The fourth-order valence-electron chi connectivity index (χ4n) is 5.91. The largest absolute Gasteiger partial charge is 0.254 e. The zero-order chi connectivity index (χ0) is 28.0. The smallest absolute Gasteiger partial charge is 0.0991 e. The number of pyridine rings is 2. The molecule has 0 N–H and O–H groups in total. The van der Waals surface area contributed by atoms with Crippen molar-refractivity contribution in [2.75, 3.05) is 0 Å². The third-order valence-electron chi connectivity index (χ3n) is 8.09. The minimum Gasteiger partial charge on any atom is -0.254 e. The van der Waals surface area contributed by atoms with Crippen LogP contribution in [-0.4, -0.2) is 9.97 Å². The van der Waals surface area contributed by atoms with Gasteiger partial charge in [0.05, 0.1) is 28.4 Å². The van der Waals surface area contributed by atoms with Crippen LogP contribution in [0.5, 0.6) is 0 Å². The molecule has 0 spiro atoms. The van der Waals surface area contributed by atoms with Crippen molar-refractivity contribution in [1.82, 2.24) is 9.97 Å². The summed E-state index contributed by atoms with van der Waals surface area (Å²) < 4.78 is 0. The van der Waals surface area contributed by atoms with Crippen molar-refractivity contribution in [1.29, 1.82) is 5.26 Å². The number of benzene rings is 6. The molecule has 42 heavy (non-hydrogen) atoms. The fourth-order valence-corrected chi connectivity index (χ4v) is 5.91. The van der Waals surface area contributed by atoms with E-state index in [2.05, 4.69) is 114 Å². The van der Waals surface area contributed by atoms with Gasteiger partial charge in [-0.3, -0.25) is 4.98 Å². The van der Waals surface area contributed by atoms with Crippen molar-refractivity contribution in [3.8, 4) is 39.6 Å². The van der Waals surface area contributed by atoms with Crippen LogP contribution in [0.3, 0.4) is 0 Å². The monoisotopic (exact) mass is 533 g/mol. The Morgan fingerprint density at radius 1 is 0.476 bits per heavy atom. The zero-order valence-electron chi connectivity index (χ0n) is 22.6. The van der Waals surface area contributed by atoms with Crippen LogP contribution >= 0.6 is 0 Å². The lowest BCUT2D eigenvalue weighted by Crippen LogP contribution is -1.89. The first-order chi connectivity index (χ1) is 20.7. The average Bonchev–Trinajstić information content (AvgIpc) is 3.07. The Morgan fingerprint density at radius 2 is 1.14 bits per heavy atom. The summed E-state index contributed by atoms with van der Waals surface area (Å²) in [5.41, 5.74) is 9.08. The number of nitrogens with zero attached hydrogens (tertiary/aromatic N) is 3. The molecule has 0 bridgehead atoms. The first kappa shape index (κ1) is 24.0. The molecule has 0 amide bonds. The Hall–Kier alpha value is -5.85. The van der Waals surface area contributed by atoms with E-state index < -0.39 is 0 Å². The summed E-state index contributed by atoms with van der Waals surface area (Å²) >= 11 is 0. The molecular weight excluding hydrogens is 510 g/mol. The van der Waals surface area contributed by atoms with Crippen molar-refractivity contribution in [3.63, 3.8) is 0 Å². The van der Waals surface area contributed by atoms with E-state index in [4.69, 9.17) is 4.98 Å². The van der Waals surface area contributed by atoms with E-state index in [-0.39, 0.29) is 0 Å². The Balaban J connectivity index is 1.25. The van der Waals surface area contributed by atoms with Crippen LogP contribution in [-0.2, 0) is 0 Å². The Labute approximate surface area is 243 Å². The molecule has 0 fully saturated rings. The van der Waals surface area contributed by atoms with E-state index in [0.29, 0.717) is 5.56 Å². The van der Waals surface area contributed by atoms with E-state index in [0.717, 1.165) is 60.7 Å². The maximum Gasteiger partial charge on any atom is 0.0991 e. The van der Waals surface area contributed by atoms with Gasteiger partial charge in [0, 0.05) is 22.5 Å². The summed E-state index contributed by atoms with van der Waals surface area (Å²) in [6, 6.07) is 48.7. The molecule has 194 valence electrons. The summed E-state index contributed by atoms with van der Waals surface area (Å²) in [6.45, 7) is 0. The normalized spacial score (nSPS) is 11.3. The molecule has 2 aromatic heterocycles. The van der Waals surface area contributed by atoms with Crippen molar-refractivity contribution >= 4 is 43.4 Å². The van der Waals surface area contributed by atoms with Gasteiger partial charge >= 0.3 is 0 Å². The minimum atomic E-state index is 0.662. The van der Waals surface area contributed by atoms with Crippen LogP contribution < -0.4 is 0 Å². The van der Waals surface area contributed by atoms with E-state index >= 15 is 0 Å². The van der Waals surface area contributed by atoms with Gasteiger partial charge in [0.1, 0.15) is 0 Å². The lowest BCUT2D eigenvalue weighted by Gasteiger charge is -2.12. The van der Waals surface area contributed by atoms with Gasteiger partial charge in [-0.25, -0.2) is 4.98 Å². The number of hydrogen-bond donors (Lipinski definition) is 0.